The first-order chi connectivity index (χ1) is 11.7. The van der Waals surface area contributed by atoms with E-state index in [4.69, 9.17) is 4.74 Å². The van der Waals surface area contributed by atoms with E-state index in [9.17, 15) is 9.59 Å². The molecular weight excluding hydrogens is 304 g/mol. The molecule has 5 heteroatoms. The van der Waals surface area contributed by atoms with Crippen LogP contribution in [0.15, 0.2) is 36.5 Å². The summed E-state index contributed by atoms with van der Waals surface area (Å²) in [6.45, 7) is 4.09. The number of carbonyl (C=O) groups is 2. The molecule has 0 saturated carbocycles. The first-order valence-electron chi connectivity index (χ1n) is 8.67. The normalized spacial score (nSPS) is 17.9. The summed E-state index contributed by atoms with van der Waals surface area (Å²) in [7, 11) is 0. The number of piperidine rings is 1. The maximum Gasteiger partial charge on any atom is 0.310 e. The number of likely N-dealkylation sites (tertiary alicyclic amines) is 1. The van der Waals surface area contributed by atoms with Crippen LogP contribution in [0.4, 0.5) is 0 Å². The van der Waals surface area contributed by atoms with E-state index in [2.05, 4.69) is 22.8 Å². The number of benzene rings is 1. The fraction of sp³-hybridized carbons (Fsp3) is 0.474. The second-order valence-electron chi connectivity index (χ2n) is 6.25. The number of rotatable bonds is 5. The van der Waals surface area contributed by atoms with Gasteiger partial charge < -0.3 is 14.2 Å². The van der Waals surface area contributed by atoms with Crippen molar-refractivity contribution in [3.63, 3.8) is 0 Å². The third-order valence-corrected chi connectivity index (χ3v) is 4.64. The number of nitrogens with zero attached hydrogens (tertiary/aromatic N) is 2. The lowest BCUT2D eigenvalue weighted by molar-refractivity contribution is -0.151. The number of ether oxygens (including phenoxy) is 1. The van der Waals surface area contributed by atoms with E-state index in [1.165, 1.54) is 5.39 Å². The minimum Gasteiger partial charge on any atom is -0.466 e. The molecule has 0 spiro atoms. The maximum absolute atomic E-state index is 12.5. The molecule has 2 aromatic rings. The van der Waals surface area contributed by atoms with E-state index in [0.29, 0.717) is 26.1 Å². The molecule has 2 heterocycles. The number of amides is 1. The number of carbonyl (C=O) groups excluding carboxylic acids is 2. The fourth-order valence-electron chi connectivity index (χ4n) is 3.37. The number of hydrogen-bond acceptors (Lipinski definition) is 3. The minimum atomic E-state index is -0.175. The summed E-state index contributed by atoms with van der Waals surface area (Å²) >= 11 is 0. The second-order valence-corrected chi connectivity index (χ2v) is 6.25. The summed E-state index contributed by atoms with van der Waals surface area (Å²) in [6.07, 6.45) is 4.15. The largest absolute Gasteiger partial charge is 0.466 e. The van der Waals surface area contributed by atoms with Gasteiger partial charge in [0.1, 0.15) is 0 Å². The first-order valence-corrected chi connectivity index (χ1v) is 8.67. The van der Waals surface area contributed by atoms with Gasteiger partial charge in [-0.05, 0) is 37.3 Å². The van der Waals surface area contributed by atoms with Crippen molar-refractivity contribution >= 4 is 22.8 Å². The van der Waals surface area contributed by atoms with Gasteiger partial charge in [-0.3, -0.25) is 9.59 Å². The van der Waals surface area contributed by atoms with Crippen LogP contribution in [0.2, 0.25) is 0 Å². The molecule has 0 aliphatic carbocycles. The lowest BCUT2D eigenvalue weighted by Crippen LogP contribution is -2.43. The second kappa shape index (κ2) is 7.51. The van der Waals surface area contributed by atoms with Crippen molar-refractivity contribution in [2.24, 2.45) is 5.92 Å². The monoisotopic (exact) mass is 328 g/mol. The molecule has 1 fully saturated rings. The van der Waals surface area contributed by atoms with Gasteiger partial charge in [-0.1, -0.05) is 18.2 Å². The Morgan fingerprint density at radius 1 is 1.25 bits per heavy atom. The van der Waals surface area contributed by atoms with Crippen LogP contribution in [-0.4, -0.2) is 41.0 Å². The van der Waals surface area contributed by atoms with Gasteiger partial charge in [0.25, 0.3) is 0 Å². The molecule has 1 aromatic carbocycles. The summed E-state index contributed by atoms with van der Waals surface area (Å²) in [5.74, 6) is -0.233. The van der Waals surface area contributed by atoms with Crippen LogP contribution in [-0.2, 0) is 20.9 Å². The molecule has 3 rings (SSSR count). The number of para-hydroxylation sites is 1. The molecule has 0 bridgehead atoms. The quantitative estimate of drug-likeness (QED) is 0.793. The van der Waals surface area contributed by atoms with E-state index in [1.54, 1.807) is 0 Å². The van der Waals surface area contributed by atoms with Crippen molar-refractivity contribution < 1.29 is 14.3 Å². The van der Waals surface area contributed by atoms with Crippen LogP contribution >= 0.6 is 0 Å². The van der Waals surface area contributed by atoms with E-state index < -0.39 is 0 Å². The Hall–Kier alpha value is -2.30. The first kappa shape index (κ1) is 16.6. The van der Waals surface area contributed by atoms with Crippen molar-refractivity contribution in [3.05, 3.63) is 36.5 Å². The third kappa shape index (κ3) is 3.61. The van der Waals surface area contributed by atoms with Crippen molar-refractivity contribution in [1.29, 1.82) is 0 Å². The van der Waals surface area contributed by atoms with Crippen molar-refractivity contribution in [1.82, 2.24) is 9.47 Å². The Morgan fingerprint density at radius 2 is 2.08 bits per heavy atom. The molecule has 128 valence electrons. The Kier molecular flexibility index (Phi) is 5.18. The maximum atomic E-state index is 12.5. The number of hydrogen-bond donors (Lipinski definition) is 0. The van der Waals surface area contributed by atoms with Crippen LogP contribution in [0.3, 0.4) is 0 Å². The minimum absolute atomic E-state index is 0.113. The van der Waals surface area contributed by atoms with E-state index in [0.717, 1.165) is 24.9 Å². The summed E-state index contributed by atoms with van der Waals surface area (Å²) in [4.78, 5) is 26.2. The van der Waals surface area contributed by atoms with Crippen LogP contribution in [0, 0.1) is 5.92 Å². The van der Waals surface area contributed by atoms with Crippen LogP contribution < -0.4 is 0 Å². The smallest absolute Gasteiger partial charge is 0.310 e. The van der Waals surface area contributed by atoms with Gasteiger partial charge in [0.15, 0.2) is 0 Å². The van der Waals surface area contributed by atoms with Crippen LogP contribution in [0.25, 0.3) is 10.9 Å². The summed E-state index contributed by atoms with van der Waals surface area (Å²) in [6, 6.07) is 10.2. The highest BCUT2D eigenvalue weighted by Gasteiger charge is 2.29. The number of fused-ring (bicyclic) bond motifs is 1. The molecule has 1 aromatic heterocycles. The van der Waals surface area contributed by atoms with Crippen molar-refractivity contribution in [3.8, 4) is 0 Å². The Labute approximate surface area is 142 Å². The molecule has 0 radical (unpaired) electrons. The van der Waals surface area contributed by atoms with Crippen molar-refractivity contribution in [2.45, 2.75) is 32.7 Å². The van der Waals surface area contributed by atoms with Gasteiger partial charge in [0.2, 0.25) is 5.91 Å². The molecule has 1 aliphatic heterocycles. The molecule has 1 aliphatic rings. The van der Waals surface area contributed by atoms with Gasteiger partial charge in [0, 0.05) is 37.8 Å². The molecule has 24 heavy (non-hydrogen) atoms. The molecule has 0 N–H and O–H groups in total. The summed E-state index contributed by atoms with van der Waals surface area (Å²) in [5.41, 5.74) is 1.15. The van der Waals surface area contributed by atoms with Crippen LogP contribution in [0.1, 0.15) is 26.2 Å². The van der Waals surface area contributed by atoms with Crippen molar-refractivity contribution in [2.75, 3.05) is 19.7 Å². The standard InChI is InChI=1S/C19H24N2O3/c1-2-24-19(23)16-7-5-11-21(14-16)18(22)10-13-20-12-9-15-6-3-4-8-17(15)20/h3-4,6,8-9,12,16H,2,5,7,10-11,13-14H2,1H3. The fourth-order valence-corrected chi connectivity index (χ4v) is 3.37. The topological polar surface area (TPSA) is 51.5 Å². The predicted octanol–water partition coefficient (Wildman–Crippen LogP) is 2.83. The molecule has 5 nitrogen and oxygen atoms in total. The van der Waals surface area contributed by atoms with E-state index in [1.807, 2.05) is 30.2 Å². The lowest BCUT2D eigenvalue weighted by Gasteiger charge is -2.31. The zero-order valence-electron chi connectivity index (χ0n) is 14.1. The summed E-state index contributed by atoms with van der Waals surface area (Å²) < 4.78 is 7.21. The average molecular weight is 328 g/mol. The Bertz CT molecular complexity index is 722. The van der Waals surface area contributed by atoms with Gasteiger partial charge in [-0.25, -0.2) is 0 Å². The molecule has 1 amide bonds. The predicted molar refractivity (Wildman–Crippen MR) is 92.5 cm³/mol. The molecule has 1 saturated heterocycles. The zero-order chi connectivity index (χ0) is 16.9. The average Bonchev–Trinajstić information content (AvgIpc) is 3.03. The van der Waals surface area contributed by atoms with Gasteiger partial charge in [-0.2, -0.15) is 0 Å². The van der Waals surface area contributed by atoms with Gasteiger partial charge in [0.05, 0.1) is 12.5 Å². The number of aryl methyl sites for hydroxylation is 1. The summed E-state index contributed by atoms with van der Waals surface area (Å²) in [5, 5.41) is 1.19. The van der Waals surface area contributed by atoms with E-state index >= 15 is 0 Å². The molecule has 1 unspecified atom stereocenters. The third-order valence-electron chi connectivity index (χ3n) is 4.64. The SMILES string of the molecule is CCOC(=O)C1CCCN(C(=O)CCn2ccc3ccccc32)C1. The highest BCUT2D eigenvalue weighted by molar-refractivity contribution is 5.81. The Balaban J connectivity index is 1.57. The molecular formula is C19H24N2O3. The highest BCUT2D eigenvalue weighted by atomic mass is 16.5. The van der Waals surface area contributed by atoms with Gasteiger partial charge in [-0.15, -0.1) is 0 Å². The highest BCUT2D eigenvalue weighted by Crippen LogP contribution is 2.20. The zero-order valence-corrected chi connectivity index (χ0v) is 14.1. The van der Waals surface area contributed by atoms with E-state index in [-0.39, 0.29) is 17.8 Å². The number of aromatic nitrogens is 1. The number of esters is 1. The lowest BCUT2D eigenvalue weighted by atomic mass is 9.98. The van der Waals surface area contributed by atoms with Gasteiger partial charge >= 0.3 is 5.97 Å². The molecule has 1 atom stereocenters. The van der Waals surface area contributed by atoms with Crippen LogP contribution in [0.5, 0.6) is 0 Å². The Morgan fingerprint density at radius 3 is 2.92 bits per heavy atom.